The normalized spacial score (nSPS) is 18.7. The maximum atomic E-state index is 9.62. The van der Waals surface area contributed by atoms with Gasteiger partial charge < -0.3 is 14.7 Å². The number of rotatable bonds is 3. The quantitative estimate of drug-likeness (QED) is 0.930. The second-order valence-electron chi connectivity index (χ2n) is 4.84. The van der Waals surface area contributed by atoms with E-state index in [2.05, 4.69) is 40.0 Å². The Morgan fingerprint density at radius 2 is 2.06 bits per heavy atom. The van der Waals surface area contributed by atoms with Crippen molar-refractivity contribution in [2.75, 3.05) is 25.2 Å². The summed E-state index contributed by atoms with van der Waals surface area (Å²) in [5, 5.41) is 9.62. The van der Waals surface area contributed by atoms with Crippen LogP contribution in [-0.2, 0) is 4.74 Å². The zero-order valence-electron chi connectivity index (χ0n) is 10.9. The van der Waals surface area contributed by atoms with Gasteiger partial charge in [0.1, 0.15) is 0 Å². The zero-order valence-corrected chi connectivity index (χ0v) is 12.5. The van der Waals surface area contributed by atoms with Crippen molar-refractivity contribution in [3.63, 3.8) is 0 Å². The van der Waals surface area contributed by atoms with Gasteiger partial charge in [-0.15, -0.1) is 0 Å². The van der Waals surface area contributed by atoms with Crippen LogP contribution in [0.1, 0.15) is 31.4 Å². The SMILES string of the molecule is CC(O)c1ccc(N(C)C2CCOCC2)cc1Br. The second-order valence-corrected chi connectivity index (χ2v) is 5.69. The van der Waals surface area contributed by atoms with Gasteiger partial charge in [0.15, 0.2) is 0 Å². The van der Waals surface area contributed by atoms with Crippen molar-refractivity contribution in [2.24, 2.45) is 0 Å². The molecule has 1 N–H and O–H groups in total. The first-order valence-electron chi connectivity index (χ1n) is 6.37. The molecule has 3 nitrogen and oxygen atoms in total. The summed E-state index contributed by atoms with van der Waals surface area (Å²) in [6.07, 6.45) is 1.71. The summed E-state index contributed by atoms with van der Waals surface area (Å²) >= 11 is 3.53. The third-order valence-electron chi connectivity index (χ3n) is 3.58. The van der Waals surface area contributed by atoms with Crippen LogP contribution in [0.3, 0.4) is 0 Å². The topological polar surface area (TPSA) is 32.7 Å². The number of benzene rings is 1. The molecule has 4 heteroatoms. The lowest BCUT2D eigenvalue weighted by Crippen LogP contribution is -2.36. The van der Waals surface area contributed by atoms with Crippen LogP contribution in [0, 0.1) is 0 Å². The third kappa shape index (κ3) is 3.05. The van der Waals surface area contributed by atoms with Crippen LogP contribution in [0.5, 0.6) is 0 Å². The summed E-state index contributed by atoms with van der Waals surface area (Å²) < 4.78 is 6.36. The first-order chi connectivity index (χ1) is 8.59. The highest BCUT2D eigenvalue weighted by Gasteiger charge is 2.19. The van der Waals surface area contributed by atoms with Gasteiger partial charge in [0.05, 0.1) is 6.10 Å². The largest absolute Gasteiger partial charge is 0.389 e. The minimum atomic E-state index is -0.443. The average molecular weight is 314 g/mol. The highest BCUT2D eigenvalue weighted by Crippen LogP contribution is 2.29. The monoisotopic (exact) mass is 313 g/mol. The molecule has 1 unspecified atom stereocenters. The molecule has 0 aliphatic carbocycles. The van der Waals surface area contributed by atoms with Gasteiger partial charge in [0.2, 0.25) is 0 Å². The smallest absolute Gasteiger partial charge is 0.0772 e. The van der Waals surface area contributed by atoms with Crippen molar-refractivity contribution < 1.29 is 9.84 Å². The molecule has 2 rings (SSSR count). The van der Waals surface area contributed by atoms with E-state index in [4.69, 9.17) is 4.74 Å². The van der Waals surface area contributed by atoms with E-state index in [1.165, 1.54) is 5.69 Å². The Balaban J connectivity index is 2.15. The van der Waals surface area contributed by atoms with E-state index in [0.717, 1.165) is 36.1 Å². The predicted molar refractivity (Wildman–Crippen MR) is 77.0 cm³/mol. The standard InChI is InChI=1S/C14H20BrNO2/c1-10(17)13-4-3-12(9-14(13)15)16(2)11-5-7-18-8-6-11/h3-4,9-11,17H,5-8H2,1-2H3. The van der Waals surface area contributed by atoms with Gasteiger partial charge in [0, 0.05) is 36.5 Å². The summed E-state index contributed by atoms with van der Waals surface area (Å²) in [6.45, 7) is 3.48. The van der Waals surface area contributed by atoms with Crippen LogP contribution >= 0.6 is 15.9 Å². The molecule has 0 radical (unpaired) electrons. The highest BCUT2D eigenvalue weighted by atomic mass is 79.9. The number of hydrogen-bond acceptors (Lipinski definition) is 3. The fourth-order valence-electron chi connectivity index (χ4n) is 2.36. The van der Waals surface area contributed by atoms with Gasteiger partial charge in [-0.05, 0) is 37.5 Å². The van der Waals surface area contributed by atoms with Crippen molar-refractivity contribution in [3.8, 4) is 0 Å². The first-order valence-corrected chi connectivity index (χ1v) is 7.17. The number of nitrogens with zero attached hydrogens (tertiary/aromatic N) is 1. The van der Waals surface area contributed by atoms with Gasteiger partial charge in [-0.25, -0.2) is 0 Å². The minimum Gasteiger partial charge on any atom is -0.389 e. The zero-order chi connectivity index (χ0) is 13.1. The average Bonchev–Trinajstić information content (AvgIpc) is 2.38. The molecule has 1 aliphatic heterocycles. The number of aliphatic hydroxyl groups excluding tert-OH is 1. The molecule has 18 heavy (non-hydrogen) atoms. The van der Waals surface area contributed by atoms with Crippen LogP contribution in [0.15, 0.2) is 22.7 Å². The Kier molecular flexibility index (Phi) is 4.65. The Morgan fingerprint density at radius 3 is 2.61 bits per heavy atom. The van der Waals surface area contributed by atoms with E-state index in [9.17, 15) is 5.11 Å². The second kappa shape index (κ2) is 6.04. The molecule has 1 atom stereocenters. The van der Waals surface area contributed by atoms with E-state index in [1.807, 2.05) is 6.07 Å². The molecule has 1 aromatic rings. The molecule has 1 aliphatic rings. The van der Waals surface area contributed by atoms with Crippen molar-refractivity contribution in [1.29, 1.82) is 0 Å². The number of anilines is 1. The fraction of sp³-hybridized carbons (Fsp3) is 0.571. The van der Waals surface area contributed by atoms with Crippen molar-refractivity contribution in [1.82, 2.24) is 0 Å². The number of hydrogen-bond donors (Lipinski definition) is 1. The molecular weight excluding hydrogens is 294 g/mol. The van der Waals surface area contributed by atoms with Crippen LogP contribution in [-0.4, -0.2) is 31.4 Å². The summed E-state index contributed by atoms with van der Waals surface area (Å²) in [7, 11) is 2.12. The van der Waals surface area contributed by atoms with Crippen molar-refractivity contribution >= 4 is 21.6 Å². The fourth-order valence-corrected chi connectivity index (χ4v) is 3.06. The minimum absolute atomic E-state index is 0.443. The van der Waals surface area contributed by atoms with Crippen molar-refractivity contribution in [2.45, 2.75) is 31.9 Å². The van der Waals surface area contributed by atoms with Gasteiger partial charge in [-0.2, -0.15) is 0 Å². The number of ether oxygens (including phenoxy) is 1. The van der Waals surface area contributed by atoms with Gasteiger partial charge in [0.25, 0.3) is 0 Å². The Bertz CT molecular complexity index is 403. The summed E-state index contributed by atoms with van der Waals surface area (Å²) in [5.74, 6) is 0. The Labute approximate surface area is 117 Å². The molecule has 100 valence electrons. The number of halogens is 1. The lowest BCUT2D eigenvalue weighted by Gasteiger charge is -2.33. The molecular formula is C14H20BrNO2. The number of aliphatic hydroxyl groups is 1. The molecule has 0 amide bonds. The molecule has 1 heterocycles. The Morgan fingerprint density at radius 1 is 1.39 bits per heavy atom. The van der Waals surface area contributed by atoms with E-state index >= 15 is 0 Å². The molecule has 0 spiro atoms. The van der Waals surface area contributed by atoms with E-state index in [-0.39, 0.29) is 0 Å². The van der Waals surface area contributed by atoms with E-state index in [0.29, 0.717) is 6.04 Å². The predicted octanol–water partition coefficient (Wildman–Crippen LogP) is 3.12. The maximum absolute atomic E-state index is 9.62. The highest BCUT2D eigenvalue weighted by molar-refractivity contribution is 9.10. The van der Waals surface area contributed by atoms with Crippen LogP contribution in [0.2, 0.25) is 0 Å². The summed E-state index contributed by atoms with van der Waals surface area (Å²) in [5.41, 5.74) is 2.11. The molecule has 1 fully saturated rings. The summed E-state index contributed by atoms with van der Waals surface area (Å²) in [6, 6.07) is 6.68. The van der Waals surface area contributed by atoms with Gasteiger partial charge in [-0.1, -0.05) is 22.0 Å². The molecule has 0 aromatic heterocycles. The summed E-state index contributed by atoms with van der Waals surface area (Å²) in [4.78, 5) is 2.30. The third-order valence-corrected chi connectivity index (χ3v) is 4.27. The Hall–Kier alpha value is -0.580. The van der Waals surface area contributed by atoms with Crippen LogP contribution < -0.4 is 4.90 Å². The lowest BCUT2D eigenvalue weighted by atomic mass is 10.1. The first kappa shape index (κ1) is 13.8. The molecule has 1 saturated heterocycles. The van der Waals surface area contributed by atoms with E-state index in [1.54, 1.807) is 6.92 Å². The van der Waals surface area contributed by atoms with Gasteiger partial charge in [-0.3, -0.25) is 0 Å². The lowest BCUT2D eigenvalue weighted by molar-refractivity contribution is 0.0855. The molecule has 0 bridgehead atoms. The van der Waals surface area contributed by atoms with Crippen LogP contribution in [0.4, 0.5) is 5.69 Å². The maximum Gasteiger partial charge on any atom is 0.0772 e. The van der Waals surface area contributed by atoms with Crippen LogP contribution in [0.25, 0.3) is 0 Å². The molecule has 1 aromatic carbocycles. The van der Waals surface area contributed by atoms with Gasteiger partial charge >= 0.3 is 0 Å². The molecule has 0 saturated carbocycles. The van der Waals surface area contributed by atoms with E-state index < -0.39 is 6.10 Å². The van der Waals surface area contributed by atoms with Crippen molar-refractivity contribution in [3.05, 3.63) is 28.2 Å².